The minimum atomic E-state index is -0.152. The lowest BCUT2D eigenvalue weighted by Gasteiger charge is -2.12. The summed E-state index contributed by atoms with van der Waals surface area (Å²) in [6.45, 7) is 6.61. The van der Waals surface area contributed by atoms with Crippen molar-refractivity contribution in [2.75, 3.05) is 62.0 Å². The smallest absolute Gasteiger partial charge is 0.251 e. The number of anilines is 3. The molecule has 0 bridgehead atoms. The molecule has 0 radical (unpaired) electrons. The molecule has 0 aliphatic carbocycles. The third-order valence-electron chi connectivity index (χ3n) is 6.58. The molecule has 0 saturated heterocycles. The van der Waals surface area contributed by atoms with Crippen LogP contribution in [0.15, 0.2) is 78.9 Å². The summed E-state index contributed by atoms with van der Waals surface area (Å²) in [5, 5.41) is 12.8. The number of amides is 1. The maximum Gasteiger partial charge on any atom is 0.251 e. The van der Waals surface area contributed by atoms with E-state index in [0.717, 1.165) is 17.5 Å². The van der Waals surface area contributed by atoms with Gasteiger partial charge in [0.15, 0.2) is 0 Å². The molecule has 0 aliphatic heterocycles. The Balaban J connectivity index is 1.30. The SMILES string of the molecule is Cc1ccc(CNc2nc(NCCc3ccccc3)nc(NCc3ccc(C(=O)NCCOCCOCCN)cc3)n2)cc1. The van der Waals surface area contributed by atoms with Gasteiger partial charge in [-0.2, -0.15) is 15.0 Å². The van der Waals surface area contributed by atoms with Gasteiger partial charge in [-0.05, 0) is 42.2 Å². The molecule has 6 N–H and O–H groups in total. The molecular weight excluding hydrogens is 556 g/mol. The van der Waals surface area contributed by atoms with Crippen molar-refractivity contribution in [3.63, 3.8) is 0 Å². The number of aromatic nitrogens is 3. The Morgan fingerprint density at radius 1 is 0.659 bits per heavy atom. The van der Waals surface area contributed by atoms with Crippen LogP contribution in [0.1, 0.15) is 32.6 Å². The Morgan fingerprint density at radius 2 is 1.23 bits per heavy atom. The number of ether oxygens (including phenoxy) is 2. The largest absolute Gasteiger partial charge is 0.378 e. The van der Waals surface area contributed by atoms with Gasteiger partial charge in [-0.3, -0.25) is 4.79 Å². The Kier molecular flexibility index (Phi) is 13.4. The van der Waals surface area contributed by atoms with E-state index in [1.165, 1.54) is 11.1 Å². The molecule has 0 spiro atoms. The van der Waals surface area contributed by atoms with Crippen molar-refractivity contribution in [3.8, 4) is 0 Å². The summed E-state index contributed by atoms with van der Waals surface area (Å²) in [6, 6.07) is 26.0. The predicted octanol–water partition coefficient (Wildman–Crippen LogP) is 3.78. The highest BCUT2D eigenvalue weighted by atomic mass is 16.5. The summed E-state index contributed by atoms with van der Waals surface area (Å²) in [7, 11) is 0. The molecule has 0 aliphatic rings. The number of nitrogens with two attached hydrogens (primary N) is 1. The second kappa shape index (κ2) is 18.2. The molecule has 0 unspecified atom stereocenters. The van der Waals surface area contributed by atoms with Gasteiger partial charge in [0.1, 0.15) is 0 Å². The number of benzene rings is 3. The van der Waals surface area contributed by atoms with Gasteiger partial charge in [0, 0.05) is 38.3 Å². The normalized spacial score (nSPS) is 10.8. The molecule has 0 fully saturated rings. The van der Waals surface area contributed by atoms with Crippen LogP contribution in [-0.2, 0) is 29.0 Å². The Hall–Kier alpha value is -4.58. The molecule has 4 aromatic rings. The third kappa shape index (κ3) is 11.6. The van der Waals surface area contributed by atoms with Crippen LogP contribution in [0.5, 0.6) is 0 Å². The van der Waals surface area contributed by atoms with E-state index in [4.69, 9.17) is 15.2 Å². The quantitative estimate of drug-likeness (QED) is 0.101. The summed E-state index contributed by atoms with van der Waals surface area (Å²) in [4.78, 5) is 26.2. The average molecular weight is 599 g/mol. The van der Waals surface area contributed by atoms with Gasteiger partial charge in [-0.25, -0.2) is 0 Å². The first kappa shape index (κ1) is 32.3. The molecule has 44 heavy (non-hydrogen) atoms. The van der Waals surface area contributed by atoms with E-state index in [1.54, 1.807) is 12.1 Å². The first-order chi connectivity index (χ1) is 21.6. The lowest BCUT2D eigenvalue weighted by molar-refractivity contribution is 0.0511. The van der Waals surface area contributed by atoms with E-state index in [-0.39, 0.29) is 5.91 Å². The molecule has 0 atom stereocenters. The lowest BCUT2D eigenvalue weighted by atomic mass is 10.1. The first-order valence-corrected chi connectivity index (χ1v) is 14.9. The minimum absolute atomic E-state index is 0.152. The van der Waals surface area contributed by atoms with E-state index < -0.39 is 0 Å². The molecule has 1 heterocycles. The second-order valence-corrected chi connectivity index (χ2v) is 10.1. The number of carbonyl (C=O) groups is 1. The van der Waals surface area contributed by atoms with Gasteiger partial charge < -0.3 is 36.5 Å². The summed E-state index contributed by atoms with van der Waals surface area (Å²) >= 11 is 0. The van der Waals surface area contributed by atoms with Gasteiger partial charge in [0.05, 0.1) is 26.4 Å². The average Bonchev–Trinajstić information content (AvgIpc) is 3.05. The highest BCUT2D eigenvalue weighted by Gasteiger charge is 2.09. The molecular formula is C33H42N8O3. The van der Waals surface area contributed by atoms with Crippen molar-refractivity contribution in [3.05, 3.63) is 107 Å². The molecule has 4 rings (SSSR count). The fraction of sp³-hybridized carbons (Fsp3) is 0.333. The Labute approximate surface area is 259 Å². The number of rotatable bonds is 19. The first-order valence-electron chi connectivity index (χ1n) is 14.9. The van der Waals surface area contributed by atoms with E-state index >= 15 is 0 Å². The van der Waals surface area contributed by atoms with Gasteiger partial charge in [-0.15, -0.1) is 0 Å². The molecule has 11 nitrogen and oxygen atoms in total. The van der Waals surface area contributed by atoms with E-state index in [9.17, 15) is 4.79 Å². The lowest BCUT2D eigenvalue weighted by Crippen LogP contribution is -2.27. The zero-order chi connectivity index (χ0) is 30.8. The van der Waals surface area contributed by atoms with Crippen LogP contribution in [0.4, 0.5) is 17.8 Å². The number of hydrogen-bond donors (Lipinski definition) is 5. The standard InChI is InChI=1S/C33H42N8O3/c1-25-7-9-27(10-8-25)23-37-32-39-31(36-17-15-26-5-3-2-4-6-26)40-33(41-32)38-24-28-11-13-29(14-12-28)30(42)35-18-20-44-22-21-43-19-16-34/h2-14H,15-24,34H2,1H3,(H,35,42)(H3,36,37,38,39,40,41). The highest BCUT2D eigenvalue weighted by molar-refractivity contribution is 5.94. The molecule has 11 heteroatoms. The zero-order valence-electron chi connectivity index (χ0n) is 25.2. The summed E-state index contributed by atoms with van der Waals surface area (Å²) in [5.74, 6) is 1.26. The second-order valence-electron chi connectivity index (χ2n) is 10.1. The molecule has 232 valence electrons. The van der Waals surface area contributed by atoms with Gasteiger partial charge >= 0.3 is 0 Å². The van der Waals surface area contributed by atoms with Crippen molar-refractivity contribution < 1.29 is 14.3 Å². The number of carbonyl (C=O) groups excluding carboxylic acids is 1. The number of aryl methyl sites for hydroxylation is 1. The fourth-order valence-corrected chi connectivity index (χ4v) is 4.16. The maximum absolute atomic E-state index is 12.5. The highest BCUT2D eigenvalue weighted by Crippen LogP contribution is 2.14. The van der Waals surface area contributed by atoms with Crippen molar-refractivity contribution in [2.24, 2.45) is 5.73 Å². The Bertz CT molecular complexity index is 1400. The van der Waals surface area contributed by atoms with Crippen LogP contribution in [0, 0.1) is 6.92 Å². The van der Waals surface area contributed by atoms with Gasteiger partial charge in [0.25, 0.3) is 5.91 Å². The summed E-state index contributed by atoms with van der Waals surface area (Å²) < 4.78 is 10.7. The molecule has 1 amide bonds. The van der Waals surface area contributed by atoms with Crippen LogP contribution in [-0.4, -0.2) is 66.9 Å². The van der Waals surface area contributed by atoms with Crippen molar-refractivity contribution in [1.82, 2.24) is 20.3 Å². The van der Waals surface area contributed by atoms with Crippen molar-refractivity contribution in [2.45, 2.75) is 26.4 Å². The van der Waals surface area contributed by atoms with E-state index in [0.29, 0.717) is 82.6 Å². The number of nitrogens with one attached hydrogen (secondary N) is 4. The summed E-state index contributed by atoms with van der Waals surface area (Å²) in [5.41, 5.74) is 10.5. The number of nitrogens with zero attached hydrogens (tertiary/aromatic N) is 3. The predicted molar refractivity (Wildman–Crippen MR) is 174 cm³/mol. The van der Waals surface area contributed by atoms with Crippen molar-refractivity contribution in [1.29, 1.82) is 0 Å². The van der Waals surface area contributed by atoms with Gasteiger partial charge in [0.2, 0.25) is 17.8 Å². The molecule has 1 aromatic heterocycles. The summed E-state index contributed by atoms with van der Waals surface area (Å²) in [6.07, 6.45) is 0.846. The molecule has 3 aromatic carbocycles. The van der Waals surface area contributed by atoms with E-state index in [1.807, 2.05) is 30.3 Å². The van der Waals surface area contributed by atoms with Crippen LogP contribution in [0.3, 0.4) is 0 Å². The number of hydrogen-bond acceptors (Lipinski definition) is 10. The maximum atomic E-state index is 12.5. The van der Waals surface area contributed by atoms with E-state index in [2.05, 4.69) is 79.5 Å². The monoisotopic (exact) mass is 598 g/mol. The van der Waals surface area contributed by atoms with Crippen LogP contribution in [0.25, 0.3) is 0 Å². The minimum Gasteiger partial charge on any atom is -0.378 e. The molecule has 0 saturated carbocycles. The van der Waals surface area contributed by atoms with Crippen molar-refractivity contribution >= 4 is 23.8 Å². The zero-order valence-corrected chi connectivity index (χ0v) is 25.2. The van der Waals surface area contributed by atoms with Crippen LogP contribution in [0.2, 0.25) is 0 Å². The van der Waals surface area contributed by atoms with Gasteiger partial charge in [-0.1, -0.05) is 72.3 Å². The fourth-order valence-electron chi connectivity index (χ4n) is 4.16. The topological polar surface area (TPSA) is 148 Å². The van der Waals surface area contributed by atoms with Crippen LogP contribution < -0.4 is 27.0 Å². The Morgan fingerprint density at radius 3 is 1.84 bits per heavy atom. The van der Waals surface area contributed by atoms with Crippen LogP contribution >= 0.6 is 0 Å². The third-order valence-corrected chi connectivity index (χ3v) is 6.58.